The number of Topliss-reactive ketones (excluding diaryl/α,β-unsaturated/α-hetero) is 1. The Morgan fingerprint density at radius 3 is 3.00 bits per heavy atom. The Kier molecular flexibility index (Phi) is 4.12. The predicted molar refractivity (Wildman–Crippen MR) is 74.7 cm³/mol. The second-order valence-electron chi connectivity index (χ2n) is 4.34. The largest absolute Gasteiger partial charge is 0.359 e. The van der Waals surface area contributed by atoms with Crippen molar-refractivity contribution in [2.75, 3.05) is 23.8 Å². The molecule has 0 aromatic carbocycles. The minimum absolute atomic E-state index is 0.172. The number of hydrogen-bond donors (Lipinski definition) is 2. The van der Waals surface area contributed by atoms with Crippen molar-refractivity contribution in [1.82, 2.24) is 15.0 Å². The average Bonchev–Trinajstić information content (AvgIpc) is 2.89. The topological polar surface area (TPSA) is 73.9 Å². The molecule has 0 atom stereocenters. The highest BCUT2D eigenvalue weighted by Gasteiger charge is 2.06. The molecule has 0 aliphatic rings. The van der Waals surface area contributed by atoms with Crippen LogP contribution in [0.25, 0.3) is 0 Å². The summed E-state index contributed by atoms with van der Waals surface area (Å²) in [7, 11) is 1.91. The maximum absolute atomic E-state index is 11.0. The summed E-state index contributed by atoms with van der Waals surface area (Å²) in [6, 6.07) is 5.67. The number of rotatable bonds is 6. The lowest BCUT2D eigenvalue weighted by Crippen LogP contribution is -2.21. The van der Waals surface area contributed by atoms with Gasteiger partial charge in [-0.1, -0.05) is 0 Å². The average molecular weight is 259 g/mol. The third-order valence-corrected chi connectivity index (χ3v) is 2.70. The highest BCUT2D eigenvalue weighted by atomic mass is 16.1. The van der Waals surface area contributed by atoms with E-state index in [4.69, 9.17) is 0 Å². The van der Waals surface area contributed by atoms with Crippen LogP contribution in [-0.4, -0.2) is 34.3 Å². The summed E-state index contributed by atoms with van der Waals surface area (Å²) < 4.78 is 0. The Hall–Kier alpha value is -2.37. The van der Waals surface area contributed by atoms with Crippen molar-refractivity contribution < 1.29 is 4.79 Å². The molecule has 6 heteroatoms. The SMILES string of the molecule is CC(=O)CCN(C)c1cc(Nc2ccc[nH]2)ncn1. The lowest BCUT2D eigenvalue weighted by molar-refractivity contribution is -0.116. The Morgan fingerprint density at radius 2 is 2.32 bits per heavy atom. The van der Waals surface area contributed by atoms with Gasteiger partial charge < -0.3 is 15.2 Å². The van der Waals surface area contributed by atoms with Crippen LogP contribution in [0.3, 0.4) is 0 Å². The number of nitrogens with zero attached hydrogens (tertiary/aromatic N) is 3. The van der Waals surface area contributed by atoms with Gasteiger partial charge in [0.15, 0.2) is 0 Å². The summed E-state index contributed by atoms with van der Waals surface area (Å²) in [5.74, 6) is 2.54. The first-order chi connectivity index (χ1) is 9.15. The van der Waals surface area contributed by atoms with Gasteiger partial charge in [-0.25, -0.2) is 9.97 Å². The summed E-state index contributed by atoms with van der Waals surface area (Å²) in [5, 5.41) is 3.14. The molecule has 2 aromatic rings. The molecule has 0 spiro atoms. The first-order valence-electron chi connectivity index (χ1n) is 6.08. The fourth-order valence-corrected chi connectivity index (χ4v) is 1.61. The zero-order valence-electron chi connectivity index (χ0n) is 11.1. The van der Waals surface area contributed by atoms with E-state index >= 15 is 0 Å². The van der Waals surface area contributed by atoms with Crippen LogP contribution in [0.2, 0.25) is 0 Å². The van der Waals surface area contributed by atoms with E-state index in [1.54, 1.807) is 6.92 Å². The van der Waals surface area contributed by atoms with Crippen LogP contribution in [0, 0.1) is 0 Å². The van der Waals surface area contributed by atoms with Crippen molar-refractivity contribution in [1.29, 1.82) is 0 Å². The lowest BCUT2D eigenvalue weighted by Gasteiger charge is -2.17. The van der Waals surface area contributed by atoms with Gasteiger partial charge in [-0.15, -0.1) is 0 Å². The van der Waals surface area contributed by atoms with Gasteiger partial charge in [0.2, 0.25) is 0 Å². The molecule has 0 aliphatic heterocycles. The molecule has 2 heterocycles. The predicted octanol–water partition coefficient (Wildman–Crippen LogP) is 1.96. The second-order valence-corrected chi connectivity index (χ2v) is 4.34. The molecule has 0 saturated heterocycles. The molecule has 100 valence electrons. The maximum Gasteiger partial charge on any atom is 0.136 e. The number of aromatic nitrogens is 3. The minimum atomic E-state index is 0.172. The van der Waals surface area contributed by atoms with Gasteiger partial charge in [-0.2, -0.15) is 0 Å². The summed E-state index contributed by atoms with van der Waals surface area (Å²) >= 11 is 0. The standard InChI is InChI=1S/C13H17N5O/c1-10(19)5-7-18(2)13-8-12(15-9-16-13)17-11-4-3-6-14-11/h3-4,6,8-9,14H,5,7H2,1-2H3,(H,15,16,17). The number of anilines is 3. The van der Waals surface area contributed by atoms with E-state index in [1.165, 1.54) is 6.33 Å². The molecular weight excluding hydrogens is 242 g/mol. The van der Waals surface area contributed by atoms with E-state index in [-0.39, 0.29) is 5.78 Å². The van der Waals surface area contributed by atoms with E-state index in [2.05, 4.69) is 20.3 Å². The quantitative estimate of drug-likeness (QED) is 0.829. The van der Waals surface area contributed by atoms with Crippen molar-refractivity contribution in [3.05, 3.63) is 30.7 Å². The molecule has 0 amide bonds. The highest BCUT2D eigenvalue weighted by Crippen LogP contribution is 2.16. The van der Waals surface area contributed by atoms with Crippen LogP contribution in [0.15, 0.2) is 30.7 Å². The van der Waals surface area contributed by atoms with E-state index in [0.29, 0.717) is 18.8 Å². The van der Waals surface area contributed by atoms with Crippen molar-refractivity contribution in [3.63, 3.8) is 0 Å². The van der Waals surface area contributed by atoms with Gasteiger partial charge in [0.1, 0.15) is 29.6 Å². The van der Waals surface area contributed by atoms with Crippen molar-refractivity contribution in [2.24, 2.45) is 0 Å². The summed E-state index contributed by atoms with van der Waals surface area (Å²) in [6.07, 6.45) is 3.86. The zero-order valence-corrected chi connectivity index (χ0v) is 11.1. The molecule has 6 nitrogen and oxygen atoms in total. The zero-order chi connectivity index (χ0) is 13.7. The van der Waals surface area contributed by atoms with Gasteiger partial charge in [-0.05, 0) is 19.1 Å². The second kappa shape index (κ2) is 5.99. The van der Waals surface area contributed by atoms with Crippen LogP contribution < -0.4 is 10.2 Å². The molecule has 0 bridgehead atoms. The van der Waals surface area contributed by atoms with Crippen LogP contribution in [-0.2, 0) is 4.79 Å². The molecule has 2 N–H and O–H groups in total. The van der Waals surface area contributed by atoms with E-state index in [1.807, 2.05) is 36.3 Å². The van der Waals surface area contributed by atoms with Crippen molar-refractivity contribution in [2.45, 2.75) is 13.3 Å². The monoisotopic (exact) mass is 259 g/mol. The minimum Gasteiger partial charge on any atom is -0.359 e. The van der Waals surface area contributed by atoms with Gasteiger partial charge in [0, 0.05) is 32.3 Å². The number of carbonyl (C=O) groups is 1. The molecule has 0 aliphatic carbocycles. The van der Waals surface area contributed by atoms with Crippen molar-refractivity contribution in [3.8, 4) is 0 Å². The van der Waals surface area contributed by atoms with Crippen LogP contribution in [0.1, 0.15) is 13.3 Å². The Morgan fingerprint density at radius 1 is 1.47 bits per heavy atom. The van der Waals surface area contributed by atoms with Crippen LogP contribution >= 0.6 is 0 Å². The Labute approximate surface area is 111 Å². The number of aromatic amines is 1. The van der Waals surface area contributed by atoms with E-state index in [9.17, 15) is 4.79 Å². The number of ketones is 1. The summed E-state index contributed by atoms with van der Waals surface area (Å²) in [5.41, 5.74) is 0. The van der Waals surface area contributed by atoms with Crippen LogP contribution in [0.4, 0.5) is 17.5 Å². The molecule has 0 fully saturated rings. The molecule has 0 unspecified atom stereocenters. The van der Waals surface area contributed by atoms with Gasteiger partial charge in [0.05, 0.1) is 0 Å². The van der Waals surface area contributed by atoms with Gasteiger partial charge in [0.25, 0.3) is 0 Å². The molecule has 19 heavy (non-hydrogen) atoms. The van der Waals surface area contributed by atoms with Crippen LogP contribution in [0.5, 0.6) is 0 Å². The van der Waals surface area contributed by atoms with Gasteiger partial charge in [-0.3, -0.25) is 4.79 Å². The summed E-state index contributed by atoms with van der Waals surface area (Å²) in [6.45, 7) is 2.24. The fourth-order valence-electron chi connectivity index (χ4n) is 1.61. The fraction of sp³-hybridized carbons (Fsp3) is 0.308. The molecule has 0 radical (unpaired) electrons. The number of nitrogens with one attached hydrogen (secondary N) is 2. The number of hydrogen-bond acceptors (Lipinski definition) is 5. The first kappa shape index (κ1) is 13.1. The molecule has 2 aromatic heterocycles. The van der Waals surface area contributed by atoms with Crippen molar-refractivity contribution >= 4 is 23.2 Å². The Bertz CT molecular complexity index is 538. The first-order valence-corrected chi connectivity index (χ1v) is 6.08. The summed E-state index contributed by atoms with van der Waals surface area (Å²) in [4.78, 5) is 24.3. The Balaban J connectivity index is 2.04. The maximum atomic E-state index is 11.0. The highest BCUT2D eigenvalue weighted by molar-refractivity contribution is 5.76. The number of H-pyrrole nitrogens is 1. The van der Waals surface area contributed by atoms with E-state index in [0.717, 1.165) is 11.6 Å². The molecule has 0 saturated carbocycles. The third kappa shape index (κ3) is 3.80. The smallest absolute Gasteiger partial charge is 0.136 e. The molecular formula is C13H17N5O. The normalized spacial score (nSPS) is 10.2. The van der Waals surface area contributed by atoms with Gasteiger partial charge >= 0.3 is 0 Å². The van der Waals surface area contributed by atoms with E-state index < -0.39 is 0 Å². The lowest BCUT2D eigenvalue weighted by atomic mass is 10.3. The number of carbonyl (C=O) groups excluding carboxylic acids is 1. The third-order valence-electron chi connectivity index (χ3n) is 2.70. The molecule has 2 rings (SSSR count).